The molecule has 1 unspecified atom stereocenters. The minimum atomic E-state index is -0.132. The van der Waals surface area contributed by atoms with E-state index in [0.717, 1.165) is 12.8 Å². The Morgan fingerprint density at radius 2 is 2.26 bits per heavy atom. The molecule has 0 saturated carbocycles. The molecule has 1 aromatic heterocycles. The molecular weight excluding hydrogens is 246 g/mol. The highest BCUT2D eigenvalue weighted by atomic mass is 16.2. The summed E-state index contributed by atoms with van der Waals surface area (Å²) in [7, 11) is 1.69. The van der Waals surface area contributed by atoms with Crippen LogP contribution in [-0.2, 0) is 11.8 Å². The third-order valence-corrected chi connectivity index (χ3v) is 3.29. The minimum absolute atomic E-state index is 0.0182. The number of amides is 2. The van der Waals surface area contributed by atoms with E-state index in [0.29, 0.717) is 24.5 Å². The smallest absolute Gasteiger partial charge is 0.274 e. The van der Waals surface area contributed by atoms with Crippen LogP contribution in [0.5, 0.6) is 0 Å². The van der Waals surface area contributed by atoms with Crippen LogP contribution < -0.4 is 11.1 Å². The number of nitrogens with one attached hydrogen (secondary N) is 1. The van der Waals surface area contributed by atoms with Gasteiger partial charge in [-0.05, 0) is 12.8 Å². The quantitative estimate of drug-likeness (QED) is 0.770. The Kier molecular flexibility index (Phi) is 3.73. The maximum atomic E-state index is 12.4. The summed E-state index contributed by atoms with van der Waals surface area (Å²) in [4.78, 5) is 25.2. The molecule has 7 nitrogen and oxygen atoms in total. The second kappa shape index (κ2) is 5.29. The van der Waals surface area contributed by atoms with Gasteiger partial charge >= 0.3 is 0 Å². The van der Waals surface area contributed by atoms with Crippen molar-refractivity contribution in [1.29, 1.82) is 0 Å². The zero-order valence-electron chi connectivity index (χ0n) is 11.2. The lowest BCUT2D eigenvalue weighted by molar-refractivity contribution is -0.120. The van der Waals surface area contributed by atoms with Gasteiger partial charge in [-0.15, -0.1) is 0 Å². The number of nitrogens with zero attached hydrogens (tertiary/aromatic N) is 3. The normalized spacial score (nSPS) is 19.3. The summed E-state index contributed by atoms with van der Waals surface area (Å²) in [5.41, 5.74) is 6.55. The number of piperidine rings is 1. The molecule has 1 atom stereocenters. The van der Waals surface area contributed by atoms with Crippen molar-refractivity contribution in [3.8, 4) is 0 Å². The molecule has 0 bridgehead atoms. The van der Waals surface area contributed by atoms with Crippen molar-refractivity contribution in [2.75, 3.05) is 18.8 Å². The zero-order chi connectivity index (χ0) is 14.0. The summed E-state index contributed by atoms with van der Waals surface area (Å²) < 4.78 is 1.49. The maximum Gasteiger partial charge on any atom is 0.274 e. The van der Waals surface area contributed by atoms with Gasteiger partial charge in [-0.3, -0.25) is 14.3 Å². The Bertz CT molecular complexity index is 477. The number of hydrogen-bond donors (Lipinski definition) is 2. The highest BCUT2D eigenvalue weighted by molar-refractivity contribution is 5.97. The van der Waals surface area contributed by atoms with Crippen molar-refractivity contribution < 1.29 is 9.59 Å². The minimum Gasteiger partial charge on any atom is -0.396 e. The Hall–Kier alpha value is -2.05. The van der Waals surface area contributed by atoms with E-state index < -0.39 is 0 Å². The Morgan fingerprint density at radius 3 is 2.84 bits per heavy atom. The van der Waals surface area contributed by atoms with Crippen LogP contribution in [0.1, 0.15) is 30.3 Å². The number of rotatable bonds is 2. The van der Waals surface area contributed by atoms with Gasteiger partial charge < -0.3 is 16.0 Å². The monoisotopic (exact) mass is 265 g/mol. The number of aryl methyl sites for hydroxylation is 1. The van der Waals surface area contributed by atoms with Gasteiger partial charge in [-0.2, -0.15) is 5.10 Å². The fraction of sp³-hybridized carbons (Fsp3) is 0.583. The van der Waals surface area contributed by atoms with Crippen molar-refractivity contribution in [3.63, 3.8) is 0 Å². The molecule has 1 aromatic rings. The van der Waals surface area contributed by atoms with Gasteiger partial charge in [0, 0.05) is 33.1 Å². The molecule has 1 fully saturated rings. The van der Waals surface area contributed by atoms with E-state index in [1.54, 1.807) is 11.9 Å². The Labute approximate surface area is 111 Å². The third kappa shape index (κ3) is 2.86. The fourth-order valence-corrected chi connectivity index (χ4v) is 2.43. The molecule has 0 spiro atoms. The summed E-state index contributed by atoms with van der Waals surface area (Å²) >= 11 is 0. The average Bonchev–Trinajstić information content (AvgIpc) is 2.68. The van der Waals surface area contributed by atoms with E-state index in [1.165, 1.54) is 17.8 Å². The first-order valence-electron chi connectivity index (χ1n) is 6.33. The molecule has 0 radical (unpaired) electrons. The molecule has 1 aliphatic rings. The number of nitrogens with two attached hydrogens (primary N) is 1. The zero-order valence-corrected chi connectivity index (χ0v) is 11.2. The number of hydrogen-bond acceptors (Lipinski definition) is 4. The van der Waals surface area contributed by atoms with E-state index in [9.17, 15) is 9.59 Å². The van der Waals surface area contributed by atoms with Gasteiger partial charge in [0.1, 0.15) is 5.69 Å². The molecule has 19 heavy (non-hydrogen) atoms. The van der Waals surface area contributed by atoms with Gasteiger partial charge in [-0.25, -0.2) is 0 Å². The van der Waals surface area contributed by atoms with Crippen LogP contribution in [0.3, 0.4) is 0 Å². The second-order valence-electron chi connectivity index (χ2n) is 4.86. The summed E-state index contributed by atoms with van der Waals surface area (Å²) in [6, 6.07) is 0.0182. The van der Waals surface area contributed by atoms with Crippen LogP contribution in [0.25, 0.3) is 0 Å². The van der Waals surface area contributed by atoms with Crippen molar-refractivity contribution in [3.05, 3.63) is 11.9 Å². The van der Waals surface area contributed by atoms with Gasteiger partial charge in [0.15, 0.2) is 0 Å². The number of nitrogen functional groups attached to an aromatic ring is 1. The van der Waals surface area contributed by atoms with Crippen LogP contribution in [0, 0.1) is 0 Å². The fourth-order valence-electron chi connectivity index (χ4n) is 2.43. The molecule has 2 amide bonds. The molecule has 2 rings (SSSR count). The van der Waals surface area contributed by atoms with Gasteiger partial charge in [-0.1, -0.05) is 0 Å². The summed E-state index contributed by atoms with van der Waals surface area (Å²) in [5.74, 6) is -0.202. The largest absolute Gasteiger partial charge is 0.396 e. The molecule has 104 valence electrons. The van der Waals surface area contributed by atoms with Crippen LogP contribution in [0.4, 0.5) is 5.69 Å². The van der Waals surface area contributed by atoms with Gasteiger partial charge in [0.2, 0.25) is 5.91 Å². The molecule has 7 heteroatoms. The highest BCUT2D eigenvalue weighted by Gasteiger charge is 2.27. The van der Waals surface area contributed by atoms with Crippen LogP contribution in [-0.4, -0.2) is 45.6 Å². The Balaban J connectivity index is 2.09. The Morgan fingerprint density at radius 1 is 1.53 bits per heavy atom. The van der Waals surface area contributed by atoms with E-state index in [-0.39, 0.29) is 17.9 Å². The van der Waals surface area contributed by atoms with Crippen molar-refractivity contribution >= 4 is 17.5 Å². The first kappa shape index (κ1) is 13.4. The van der Waals surface area contributed by atoms with Crippen molar-refractivity contribution in [2.45, 2.75) is 25.8 Å². The lowest BCUT2D eigenvalue weighted by Gasteiger charge is -2.33. The lowest BCUT2D eigenvalue weighted by atomic mass is 10.1. The molecule has 0 aliphatic carbocycles. The predicted octanol–water partition coefficient (Wildman–Crippen LogP) is -0.257. The number of aromatic nitrogens is 2. The van der Waals surface area contributed by atoms with Gasteiger partial charge in [0.05, 0.1) is 11.9 Å². The van der Waals surface area contributed by atoms with E-state index in [4.69, 9.17) is 5.73 Å². The number of carbonyl (C=O) groups excluding carboxylic acids is 2. The molecular formula is C12H19N5O2. The highest BCUT2D eigenvalue weighted by Crippen LogP contribution is 2.17. The third-order valence-electron chi connectivity index (χ3n) is 3.29. The van der Waals surface area contributed by atoms with Crippen LogP contribution in [0.2, 0.25) is 0 Å². The van der Waals surface area contributed by atoms with E-state index in [1.807, 2.05) is 0 Å². The standard InChI is InChI=1S/C12H19N5O2/c1-8(18)15-9-4-3-5-17(7-9)12(19)11-10(13)6-14-16(11)2/h6,9H,3-5,7,13H2,1-2H3,(H,15,18). The number of carbonyl (C=O) groups is 2. The molecule has 2 heterocycles. The number of likely N-dealkylation sites (tertiary alicyclic amines) is 1. The topological polar surface area (TPSA) is 93.2 Å². The van der Waals surface area contributed by atoms with Crippen molar-refractivity contribution in [2.24, 2.45) is 7.05 Å². The first-order chi connectivity index (χ1) is 8.99. The molecule has 1 saturated heterocycles. The second-order valence-corrected chi connectivity index (χ2v) is 4.86. The summed E-state index contributed by atoms with van der Waals surface area (Å²) in [5, 5.41) is 6.83. The lowest BCUT2D eigenvalue weighted by Crippen LogP contribution is -2.49. The van der Waals surface area contributed by atoms with Gasteiger partial charge in [0.25, 0.3) is 5.91 Å². The SMILES string of the molecule is CC(=O)NC1CCCN(C(=O)c2c(N)cnn2C)C1. The summed E-state index contributed by atoms with van der Waals surface area (Å²) in [6.45, 7) is 2.68. The molecule has 1 aliphatic heterocycles. The van der Waals surface area contributed by atoms with E-state index in [2.05, 4.69) is 10.4 Å². The first-order valence-corrected chi connectivity index (χ1v) is 6.33. The predicted molar refractivity (Wildman–Crippen MR) is 70.4 cm³/mol. The maximum absolute atomic E-state index is 12.4. The summed E-state index contributed by atoms with van der Waals surface area (Å²) in [6.07, 6.45) is 3.24. The molecule has 3 N–H and O–H groups in total. The van der Waals surface area contributed by atoms with Crippen LogP contribution in [0.15, 0.2) is 6.20 Å². The van der Waals surface area contributed by atoms with Crippen LogP contribution >= 0.6 is 0 Å². The van der Waals surface area contributed by atoms with Crippen molar-refractivity contribution in [1.82, 2.24) is 20.0 Å². The average molecular weight is 265 g/mol. The molecule has 0 aromatic carbocycles. The number of anilines is 1. The van der Waals surface area contributed by atoms with E-state index >= 15 is 0 Å².